The number of fused-ring (bicyclic) bond motifs is 1. The Hall–Kier alpha value is -2.73. The molecule has 0 spiro atoms. The van der Waals surface area contributed by atoms with Crippen LogP contribution in [0.4, 0.5) is 10.7 Å². The molecular formula is C25H31ClN4O2. The van der Waals surface area contributed by atoms with E-state index in [4.69, 9.17) is 21.3 Å². The van der Waals surface area contributed by atoms with Gasteiger partial charge in [-0.05, 0) is 69.4 Å². The molecule has 170 valence electrons. The van der Waals surface area contributed by atoms with Gasteiger partial charge in [-0.1, -0.05) is 35.9 Å². The van der Waals surface area contributed by atoms with Gasteiger partial charge in [0.15, 0.2) is 0 Å². The number of ether oxygens (including phenoxy) is 1. The van der Waals surface area contributed by atoms with Gasteiger partial charge in [0, 0.05) is 24.7 Å². The number of imidazole rings is 1. The molecule has 1 atom stereocenters. The number of nitrogens with one attached hydrogen (secondary N) is 1. The number of hydrogen-bond acceptors (Lipinski definition) is 4. The standard InChI is InChI=1S/C25H31ClN4O2/c1-25(2,3)32-24(31)27-15-19-7-6-14-29(16-19)23-28-21-8-4-5-9-22(21)30(23)17-18-10-12-20(26)13-11-18/h4-5,8-13,19H,6-7,14-17H2,1-3H3,(H,27,31)/t19-/m1/s1. The van der Waals surface area contributed by atoms with Crippen LogP contribution in [0.3, 0.4) is 0 Å². The van der Waals surface area contributed by atoms with E-state index in [-0.39, 0.29) is 6.09 Å². The second-order valence-corrected chi connectivity index (χ2v) is 9.89. The smallest absolute Gasteiger partial charge is 0.407 e. The lowest BCUT2D eigenvalue weighted by Crippen LogP contribution is -2.43. The third-order valence-electron chi connectivity index (χ3n) is 5.62. The van der Waals surface area contributed by atoms with Gasteiger partial charge in [-0.3, -0.25) is 0 Å². The second kappa shape index (κ2) is 9.41. The Kier molecular flexibility index (Phi) is 6.60. The number of rotatable bonds is 5. The van der Waals surface area contributed by atoms with E-state index >= 15 is 0 Å². The Bertz CT molecular complexity index is 1070. The maximum Gasteiger partial charge on any atom is 0.407 e. The van der Waals surface area contributed by atoms with Gasteiger partial charge in [0.2, 0.25) is 5.95 Å². The van der Waals surface area contributed by atoms with E-state index in [9.17, 15) is 4.79 Å². The van der Waals surface area contributed by atoms with Gasteiger partial charge in [0.25, 0.3) is 0 Å². The SMILES string of the molecule is CC(C)(C)OC(=O)NC[C@H]1CCCN(c2nc3ccccc3n2Cc2ccc(Cl)cc2)C1. The van der Waals surface area contributed by atoms with Crippen molar-refractivity contribution in [2.24, 2.45) is 5.92 Å². The largest absolute Gasteiger partial charge is 0.444 e. The average molecular weight is 455 g/mol. The van der Waals surface area contributed by atoms with Crippen LogP contribution >= 0.6 is 11.6 Å². The maximum absolute atomic E-state index is 12.1. The number of benzene rings is 2. The Morgan fingerprint density at radius 2 is 1.94 bits per heavy atom. The number of alkyl carbamates (subject to hydrolysis) is 1. The van der Waals surface area contributed by atoms with Crippen LogP contribution in [0, 0.1) is 5.92 Å². The highest BCUT2D eigenvalue weighted by atomic mass is 35.5. The minimum Gasteiger partial charge on any atom is -0.444 e. The van der Waals surface area contributed by atoms with Gasteiger partial charge < -0.3 is 19.5 Å². The van der Waals surface area contributed by atoms with E-state index in [0.717, 1.165) is 54.5 Å². The summed E-state index contributed by atoms with van der Waals surface area (Å²) >= 11 is 6.08. The van der Waals surface area contributed by atoms with Crippen molar-refractivity contribution in [2.75, 3.05) is 24.5 Å². The molecule has 4 rings (SSSR count). The summed E-state index contributed by atoms with van der Waals surface area (Å²) in [7, 11) is 0. The summed E-state index contributed by atoms with van der Waals surface area (Å²) in [5, 5.41) is 3.68. The van der Waals surface area contributed by atoms with Gasteiger partial charge in [-0.2, -0.15) is 0 Å². The van der Waals surface area contributed by atoms with Crippen molar-refractivity contribution in [3.05, 3.63) is 59.1 Å². The van der Waals surface area contributed by atoms with Crippen molar-refractivity contribution in [3.8, 4) is 0 Å². The maximum atomic E-state index is 12.1. The number of carbonyl (C=O) groups is 1. The molecule has 3 aromatic rings. The highest BCUT2D eigenvalue weighted by Gasteiger charge is 2.25. The lowest BCUT2D eigenvalue weighted by molar-refractivity contribution is 0.0517. The minimum atomic E-state index is -0.491. The molecule has 0 unspecified atom stereocenters. The van der Waals surface area contributed by atoms with Gasteiger partial charge in [0.05, 0.1) is 17.6 Å². The normalized spacial score (nSPS) is 16.9. The van der Waals surface area contributed by atoms with Crippen LogP contribution in [0.2, 0.25) is 5.02 Å². The molecule has 7 heteroatoms. The molecule has 1 saturated heterocycles. The minimum absolute atomic E-state index is 0.347. The molecule has 0 saturated carbocycles. The molecule has 32 heavy (non-hydrogen) atoms. The summed E-state index contributed by atoms with van der Waals surface area (Å²) in [5.41, 5.74) is 2.80. The van der Waals surface area contributed by atoms with Crippen molar-refractivity contribution in [1.82, 2.24) is 14.9 Å². The molecule has 1 N–H and O–H groups in total. The van der Waals surface area contributed by atoms with Gasteiger partial charge in [-0.25, -0.2) is 9.78 Å². The first-order valence-corrected chi connectivity index (χ1v) is 11.6. The summed E-state index contributed by atoms with van der Waals surface area (Å²) in [6.45, 7) is 8.75. The summed E-state index contributed by atoms with van der Waals surface area (Å²) in [6, 6.07) is 16.2. The predicted molar refractivity (Wildman–Crippen MR) is 129 cm³/mol. The summed E-state index contributed by atoms with van der Waals surface area (Å²) < 4.78 is 7.66. The Morgan fingerprint density at radius 3 is 2.69 bits per heavy atom. The zero-order chi connectivity index (χ0) is 22.7. The van der Waals surface area contributed by atoms with Gasteiger partial charge in [0.1, 0.15) is 5.60 Å². The summed E-state index contributed by atoms with van der Waals surface area (Å²) in [5.74, 6) is 1.32. The van der Waals surface area contributed by atoms with Crippen LogP contribution < -0.4 is 10.2 Å². The molecule has 0 bridgehead atoms. The molecule has 2 aromatic carbocycles. The lowest BCUT2D eigenvalue weighted by atomic mass is 9.98. The second-order valence-electron chi connectivity index (χ2n) is 9.45. The number of anilines is 1. The molecular weight excluding hydrogens is 424 g/mol. The Labute approximate surface area is 194 Å². The van der Waals surface area contributed by atoms with Crippen LogP contribution in [0.1, 0.15) is 39.2 Å². The first kappa shape index (κ1) is 22.5. The van der Waals surface area contributed by atoms with E-state index in [0.29, 0.717) is 12.5 Å². The fraction of sp³-hybridized carbons (Fsp3) is 0.440. The van der Waals surface area contributed by atoms with Crippen molar-refractivity contribution < 1.29 is 9.53 Å². The van der Waals surface area contributed by atoms with Crippen LogP contribution in [0.25, 0.3) is 11.0 Å². The molecule has 1 amide bonds. The monoisotopic (exact) mass is 454 g/mol. The van der Waals surface area contributed by atoms with Crippen molar-refractivity contribution in [3.63, 3.8) is 0 Å². The van der Waals surface area contributed by atoms with Crippen LogP contribution in [-0.2, 0) is 11.3 Å². The van der Waals surface area contributed by atoms with Crippen LogP contribution in [0.15, 0.2) is 48.5 Å². The third-order valence-corrected chi connectivity index (χ3v) is 5.88. The highest BCUT2D eigenvalue weighted by Crippen LogP contribution is 2.28. The number of halogens is 1. The number of aromatic nitrogens is 2. The number of hydrogen-bond donors (Lipinski definition) is 1. The predicted octanol–water partition coefficient (Wildman–Crippen LogP) is 5.48. The van der Waals surface area contributed by atoms with E-state index in [1.54, 1.807) is 0 Å². The van der Waals surface area contributed by atoms with Crippen molar-refractivity contribution in [2.45, 2.75) is 45.8 Å². The zero-order valence-corrected chi connectivity index (χ0v) is 19.7. The van der Waals surface area contributed by atoms with E-state index < -0.39 is 5.60 Å². The average Bonchev–Trinajstić information content (AvgIpc) is 3.11. The number of para-hydroxylation sites is 2. The van der Waals surface area contributed by atoms with Gasteiger partial charge >= 0.3 is 6.09 Å². The Balaban J connectivity index is 1.52. The van der Waals surface area contributed by atoms with Crippen LogP contribution in [0.5, 0.6) is 0 Å². The molecule has 1 aliphatic rings. The number of piperidine rings is 1. The molecule has 1 fully saturated rings. The van der Waals surface area contributed by atoms with E-state index in [2.05, 4.69) is 45.1 Å². The fourth-order valence-corrected chi connectivity index (χ4v) is 4.31. The van der Waals surface area contributed by atoms with E-state index in [1.807, 2.05) is 39.0 Å². The fourth-order valence-electron chi connectivity index (χ4n) is 4.19. The quantitative estimate of drug-likeness (QED) is 0.554. The lowest BCUT2D eigenvalue weighted by Gasteiger charge is -2.34. The first-order valence-electron chi connectivity index (χ1n) is 11.2. The third kappa shape index (κ3) is 5.54. The molecule has 2 heterocycles. The molecule has 0 aliphatic carbocycles. The topological polar surface area (TPSA) is 59.4 Å². The van der Waals surface area contributed by atoms with Crippen molar-refractivity contribution >= 4 is 34.7 Å². The molecule has 1 aromatic heterocycles. The highest BCUT2D eigenvalue weighted by molar-refractivity contribution is 6.30. The molecule has 1 aliphatic heterocycles. The number of nitrogens with zero attached hydrogens (tertiary/aromatic N) is 3. The van der Waals surface area contributed by atoms with Crippen molar-refractivity contribution in [1.29, 1.82) is 0 Å². The summed E-state index contributed by atoms with van der Waals surface area (Å²) in [6.07, 6.45) is 1.78. The Morgan fingerprint density at radius 1 is 1.19 bits per heavy atom. The zero-order valence-electron chi connectivity index (χ0n) is 19.0. The number of amides is 1. The first-order chi connectivity index (χ1) is 15.3. The van der Waals surface area contributed by atoms with Crippen LogP contribution in [-0.4, -0.2) is 40.9 Å². The van der Waals surface area contributed by atoms with E-state index in [1.165, 1.54) is 5.56 Å². The van der Waals surface area contributed by atoms with Gasteiger partial charge in [-0.15, -0.1) is 0 Å². The molecule has 6 nitrogen and oxygen atoms in total. The summed E-state index contributed by atoms with van der Waals surface area (Å²) in [4.78, 5) is 19.4. The molecule has 0 radical (unpaired) electrons. The number of carbonyl (C=O) groups excluding carboxylic acids is 1.